The van der Waals surface area contributed by atoms with Gasteiger partial charge in [0.1, 0.15) is 0 Å². The number of hydrazine groups is 1. The number of ether oxygens (including phenoxy) is 1. The second-order valence-electron chi connectivity index (χ2n) is 13.2. The Morgan fingerprint density at radius 3 is 2.39 bits per heavy atom. The minimum atomic E-state index is -1.46. The van der Waals surface area contributed by atoms with E-state index in [-0.39, 0.29) is 43.9 Å². The van der Waals surface area contributed by atoms with Gasteiger partial charge in [0.25, 0.3) is 11.8 Å². The van der Waals surface area contributed by atoms with Crippen LogP contribution in [0.5, 0.6) is 11.5 Å². The Morgan fingerprint density at radius 2 is 1.69 bits per heavy atom. The normalized spacial score (nSPS) is 27.4. The van der Waals surface area contributed by atoms with Gasteiger partial charge in [-0.15, -0.1) is 0 Å². The number of carbonyl (C=O) groups excluding carboxylic acids is 4. The monoisotopic (exact) mass is 663 g/mol. The molecule has 6 atom stereocenters. The van der Waals surface area contributed by atoms with Crippen LogP contribution in [-0.2, 0) is 29.4 Å². The van der Waals surface area contributed by atoms with Crippen LogP contribution in [0.2, 0.25) is 0 Å². The zero-order valence-electron chi connectivity index (χ0n) is 27.2. The molecule has 2 heterocycles. The van der Waals surface area contributed by atoms with Crippen LogP contribution in [0.15, 0.2) is 84.4 Å². The van der Waals surface area contributed by atoms with Crippen LogP contribution in [0.4, 0.5) is 5.69 Å². The molecule has 3 aromatic carbocycles. The molecule has 11 nitrogen and oxygen atoms in total. The number of nitrogens with one attached hydrogen (secondary N) is 1. The van der Waals surface area contributed by atoms with Gasteiger partial charge in [0.05, 0.1) is 41.9 Å². The molecule has 3 N–H and O–H groups in total. The first-order chi connectivity index (χ1) is 23.6. The number of phenols is 1. The van der Waals surface area contributed by atoms with Gasteiger partial charge < -0.3 is 14.9 Å². The van der Waals surface area contributed by atoms with Crippen molar-refractivity contribution in [3.63, 3.8) is 0 Å². The van der Waals surface area contributed by atoms with Crippen molar-refractivity contribution in [2.45, 2.75) is 44.4 Å². The summed E-state index contributed by atoms with van der Waals surface area (Å²) >= 11 is 0. The van der Waals surface area contributed by atoms with Crippen LogP contribution in [0, 0.1) is 30.6 Å². The number of benzene rings is 3. The van der Waals surface area contributed by atoms with Crippen molar-refractivity contribution < 1.29 is 38.9 Å². The van der Waals surface area contributed by atoms with E-state index in [1.165, 1.54) is 6.07 Å². The minimum absolute atomic E-state index is 0.0805. The zero-order chi connectivity index (χ0) is 34.6. The Labute approximate surface area is 283 Å². The Kier molecular flexibility index (Phi) is 8.01. The number of allylic oxidation sites excluding steroid dienone is 2. The molecule has 4 aliphatic rings. The number of carboxylic acids is 1. The predicted molar refractivity (Wildman–Crippen MR) is 177 cm³/mol. The number of phenolic OH excluding ortho intramolecular Hbond substituents is 1. The number of hydrogen-bond donors (Lipinski definition) is 3. The summed E-state index contributed by atoms with van der Waals surface area (Å²) in [5.41, 5.74) is 5.18. The number of carbonyl (C=O) groups is 5. The molecule has 0 unspecified atom stereocenters. The lowest BCUT2D eigenvalue weighted by atomic mass is 9.49. The molecule has 0 aromatic heterocycles. The average molecular weight is 664 g/mol. The van der Waals surface area contributed by atoms with Gasteiger partial charge in [-0.1, -0.05) is 65.7 Å². The summed E-state index contributed by atoms with van der Waals surface area (Å²) in [7, 11) is 0. The SMILES string of the molecule is CCOc1cc([C@H]2C3=CC[C@@H]4C(=O)N(CCC(=O)O)C(=O)[C@@H]4[C@@H]3C[C@H]3C(=O)N(Nc4ccc(C)cc4)C(=O)[C@@]23c2ccccc2)ccc1O. The maximum absolute atomic E-state index is 15.2. The van der Waals surface area contributed by atoms with Gasteiger partial charge in [-0.3, -0.25) is 34.3 Å². The summed E-state index contributed by atoms with van der Waals surface area (Å²) < 4.78 is 5.78. The number of fused-ring (bicyclic) bond motifs is 4. The maximum Gasteiger partial charge on any atom is 0.305 e. The van der Waals surface area contributed by atoms with Gasteiger partial charge in [0, 0.05) is 12.5 Å². The highest BCUT2D eigenvalue weighted by Gasteiger charge is 2.70. The van der Waals surface area contributed by atoms with Crippen molar-refractivity contribution in [3.8, 4) is 11.5 Å². The van der Waals surface area contributed by atoms with Gasteiger partial charge in [-0.05, 0) is 68.0 Å². The van der Waals surface area contributed by atoms with E-state index in [1.807, 2.05) is 55.5 Å². The fourth-order valence-electron chi connectivity index (χ4n) is 8.60. The highest BCUT2D eigenvalue weighted by atomic mass is 16.5. The number of aromatic hydroxyl groups is 1. The third-order valence-electron chi connectivity index (χ3n) is 10.7. The highest BCUT2D eigenvalue weighted by Crippen LogP contribution is 2.64. The number of hydrogen-bond acceptors (Lipinski definition) is 8. The van der Waals surface area contributed by atoms with E-state index in [0.29, 0.717) is 16.8 Å². The molecule has 2 aliphatic carbocycles. The van der Waals surface area contributed by atoms with Gasteiger partial charge >= 0.3 is 5.97 Å². The molecule has 49 heavy (non-hydrogen) atoms. The first-order valence-corrected chi connectivity index (χ1v) is 16.6. The fourth-order valence-corrected chi connectivity index (χ4v) is 8.60. The number of amides is 4. The molecule has 1 saturated carbocycles. The molecule has 0 radical (unpaired) electrons. The highest BCUT2D eigenvalue weighted by molar-refractivity contribution is 6.13. The van der Waals surface area contributed by atoms with Gasteiger partial charge in [-0.2, -0.15) is 5.01 Å². The van der Waals surface area contributed by atoms with Gasteiger partial charge in [-0.25, -0.2) is 0 Å². The number of aliphatic carboxylic acids is 1. The largest absolute Gasteiger partial charge is 0.504 e. The first kappa shape index (κ1) is 32.1. The Balaban J connectivity index is 1.43. The number of anilines is 1. The molecule has 252 valence electrons. The minimum Gasteiger partial charge on any atom is -0.504 e. The molecule has 3 aromatic rings. The number of likely N-dealkylation sites (tertiary alicyclic amines) is 1. The fraction of sp³-hybridized carbons (Fsp3) is 0.342. The molecule has 2 aliphatic heterocycles. The Hall–Kier alpha value is -5.45. The molecule has 0 bridgehead atoms. The van der Waals surface area contributed by atoms with E-state index in [1.54, 1.807) is 31.2 Å². The standard InChI is InChI=1S/C38H37N3O8/c1-3-49-30-19-22(11-16-29(30)42)33-25-14-15-26-32(36(47)40(34(26)45)18-17-31(43)44)27(25)20-28-35(46)41(39-24-12-9-21(2)10-13-24)37(48)38(28,33)23-7-5-4-6-8-23/h4-14,16,19,26-28,32-33,39,42H,3,15,17-18,20H2,1-2H3,(H,43,44)/t26-,27+,28-,32-,33-,38+/m0/s1. The van der Waals surface area contributed by atoms with Crippen LogP contribution >= 0.6 is 0 Å². The lowest BCUT2D eigenvalue weighted by molar-refractivity contribution is -0.143. The van der Waals surface area contributed by atoms with Crippen LogP contribution < -0.4 is 10.2 Å². The van der Waals surface area contributed by atoms with Crippen LogP contribution in [0.25, 0.3) is 0 Å². The van der Waals surface area contributed by atoms with E-state index in [2.05, 4.69) is 5.43 Å². The molecular formula is C38H37N3O8. The van der Waals surface area contributed by atoms with E-state index in [4.69, 9.17) is 4.74 Å². The topological polar surface area (TPSA) is 154 Å². The molecule has 7 rings (SSSR count). The number of rotatable bonds is 9. The summed E-state index contributed by atoms with van der Waals surface area (Å²) in [6.45, 7) is 3.77. The number of imide groups is 2. The van der Waals surface area contributed by atoms with E-state index < -0.39 is 64.6 Å². The van der Waals surface area contributed by atoms with Crippen LogP contribution in [0.1, 0.15) is 48.8 Å². The molecule has 2 saturated heterocycles. The van der Waals surface area contributed by atoms with Crippen molar-refractivity contribution in [1.29, 1.82) is 0 Å². The number of carboxylic acid groups (broad SMARTS) is 1. The van der Waals surface area contributed by atoms with Crippen molar-refractivity contribution in [2.24, 2.45) is 23.7 Å². The van der Waals surface area contributed by atoms with Crippen molar-refractivity contribution >= 4 is 35.3 Å². The Morgan fingerprint density at radius 1 is 0.959 bits per heavy atom. The molecule has 4 amide bonds. The maximum atomic E-state index is 15.2. The van der Waals surface area contributed by atoms with Crippen molar-refractivity contribution in [2.75, 3.05) is 18.6 Å². The lowest BCUT2D eigenvalue weighted by Crippen LogP contribution is -2.53. The quantitative estimate of drug-likeness (QED) is 0.221. The average Bonchev–Trinajstić information content (AvgIpc) is 3.46. The summed E-state index contributed by atoms with van der Waals surface area (Å²) in [5, 5.41) is 21.1. The summed E-state index contributed by atoms with van der Waals surface area (Å²) in [4.78, 5) is 69.9. The van der Waals surface area contributed by atoms with E-state index >= 15 is 4.79 Å². The predicted octanol–water partition coefficient (Wildman–Crippen LogP) is 4.56. The van der Waals surface area contributed by atoms with Crippen molar-refractivity contribution in [1.82, 2.24) is 9.91 Å². The zero-order valence-corrected chi connectivity index (χ0v) is 27.2. The molecular weight excluding hydrogens is 626 g/mol. The van der Waals surface area contributed by atoms with Crippen LogP contribution in [-0.4, -0.2) is 62.9 Å². The number of aryl methyl sites for hydroxylation is 1. The summed E-state index contributed by atoms with van der Waals surface area (Å²) in [5.74, 6) is -6.58. The number of nitrogens with zero attached hydrogens (tertiary/aromatic N) is 2. The lowest BCUT2D eigenvalue weighted by Gasteiger charge is -2.50. The van der Waals surface area contributed by atoms with Gasteiger partial charge in [0.15, 0.2) is 11.5 Å². The molecule has 0 spiro atoms. The third-order valence-corrected chi connectivity index (χ3v) is 10.7. The summed E-state index contributed by atoms with van der Waals surface area (Å²) in [6.07, 6.45) is 1.91. The van der Waals surface area contributed by atoms with E-state index in [9.17, 15) is 29.4 Å². The van der Waals surface area contributed by atoms with E-state index in [0.717, 1.165) is 21.0 Å². The Bertz CT molecular complexity index is 1890. The van der Waals surface area contributed by atoms with Crippen molar-refractivity contribution in [3.05, 3.63) is 101 Å². The second-order valence-corrected chi connectivity index (χ2v) is 13.2. The van der Waals surface area contributed by atoms with Gasteiger partial charge in [0.2, 0.25) is 11.8 Å². The second kappa shape index (κ2) is 12.2. The first-order valence-electron chi connectivity index (χ1n) is 16.6. The van der Waals surface area contributed by atoms with Crippen LogP contribution in [0.3, 0.4) is 0 Å². The smallest absolute Gasteiger partial charge is 0.305 e. The third kappa shape index (κ3) is 4.98. The summed E-state index contributed by atoms with van der Waals surface area (Å²) in [6, 6.07) is 21.4. The molecule has 11 heteroatoms. The molecule has 3 fully saturated rings.